The van der Waals surface area contributed by atoms with Gasteiger partial charge in [-0.1, -0.05) is 0 Å². The van der Waals surface area contributed by atoms with E-state index in [-0.39, 0.29) is 6.61 Å². The lowest BCUT2D eigenvalue weighted by Crippen LogP contribution is -2.21. The third-order valence-electron chi connectivity index (χ3n) is 0.704. The van der Waals surface area contributed by atoms with Gasteiger partial charge in [-0.25, -0.2) is 5.48 Å². The predicted molar refractivity (Wildman–Crippen MR) is 32.9 cm³/mol. The van der Waals surface area contributed by atoms with Gasteiger partial charge in [-0.05, 0) is 0 Å². The van der Waals surface area contributed by atoms with Crippen molar-refractivity contribution in [1.29, 1.82) is 0 Å². The van der Waals surface area contributed by atoms with E-state index in [2.05, 4.69) is 5.48 Å². The van der Waals surface area contributed by atoms with Crippen LogP contribution in [0.3, 0.4) is 0 Å². The Balaban J connectivity index is 2.60. The fourth-order valence-electron chi connectivity index (χ4n) is 0.334. The SMILES string of the molecule is COCCNOCCO. The minimum absolute atomic E-state index is 0.0416. The van der Waals surface area contributed by atoms with Gasteiger partial charge in [0.05, 0.1) is 19.8 Å². The molecule has 4 nitrogen and oxygen atoms in total. The molecule has 0 heterocycles. The predicted octanol–water partition coefficient (Wildman–Crippen LogP) is -0.854. The maximum absolute atomic E-state index is 8.23. The highest BCUT2D eigenvalue weighted by Gasteiger charge is 1.83. The van der Waals surface area contributed by atoms with E-state index in [0.29, 0.717) is 19.8 Å². The van der Waals surface area contributed by atoms with Crippen LogP contribution >= 0.6 is 0 Å². The molecule has 0 aromatic rings. The molecule has 0 saturated heterocycles. The molecule has 0 atom stereocenters. The van der Waals surface area contributed by atoms with Crippen LogP contribution in [-0.4, -0.2) is 38.6 Å². The van der Waals surface area contributed by atoms with Crippen molar-refractivity contribution in [2.75, 3.05) is 33.5 Å². The van der Waals surface area contributed by atoms with E-state index < -0.39 is 0 Å². The molecular formula is C5H13NO3. The number of aliphatic hydroxyl groups is 1. The molecule has 4 heteroatoms. The van der Waals surface area contributed by atoms with Crippen molar-refractivity contribution in [3.05, 3.63) is 0 Å². The summed E-state index contributed by atoms with van der Waals surface area (Å²) in [4.78, 5) is 4.70. The number of aliphatic hydroxyl groups excluding tert-OH is 1. The Morgan fingerprint density at radius 2 is 2.22 bits per heavy atom. The molecule has 9 heavy (non-hydrogen) atoms. The van der Waals surface area contributed by atoms with Crippen molar-refractivity contribution in [3.8, 4) is 0 Å². The highest BCUT2D eigenvalue weighted by molar-refractivity contribution is 4.28. The van der Waals surface area contributed by atoms with E-state index in [0.717, 1.165) is 0 Å². The van der Waals surface area contributed by atoms with Crippen LogP contribution in [0.2, 0.25) is 0 Å². The van der Waals surface area contributed by atoms with Crippen LogP contribution in [-0.2, 0) is 9.57 Å². The van der Waals surface area contributed by atoms with Gasteiger partial charge in [0, 0.05) is 13.7 Å². The first-order valence-electron chi connectivity index (χ1n) is 2.86. The van der Waals surface area contributed by atoms with Crippen LogP contribution in [0.1, 0.15) is 0 Å². The van der Waals surface area contributed by atoms with E-state index in [1.54, 1.807) is 7.11 Å². The summed E-state index contributed by atoms with van der Waals surface area (Å²) in [6.45, 7) is 1.63. The Hall–Kier alpha value is -0.160. The third kappa shape index (κ3) is 7.84. The van der Waals surface area contributed by atoms with Crippen molar-refractivity contribution in [2.24, 2.45) is 0 Å². The van der Waals surface area contributed by atoms with Gasteiger partial charge < -0.3 is 9.84 Å². The summed E-state index contributed by atoms with van der Waals surface area (Å²) in [6.07, 6.45) is 0. The molecule has 0 bridgehead atoms. The quantitative estimate of drug-likeness (QED) is 0.368. The Labute approximate surface area is 54.7 Å². The van der Waals surface area contributed by atoms with Crippen molar-refractivity contribution in [3.63, 3.8) is 0 Å². The summed E-state index contributed by atoms with van der Waals surface area (Å²) in [5, 5.41) is 8.23. The Kier molecular flexibility index (Phi) is 7.70. The molecule has 0 aromatic carbocycles. The monoisotopic (exact) mass is 135 g/mol. The smallest absolute Gasteiger partial charge is 0.0913 e. The molecule has 0 aliphatic carbocycles. The lowest BCUT2D eigenvalue weighted by Gasteiger charge is -2.01. The van der Waals surface area contributed by atoms with E-state index >= 15 is 0 Å². The topological polar surface area (TPSA) is 50.7 Å². The maximum atomic E-state index is 8.23. The molecular weight excluding hydrogens is 122 g/mol. The number of methoxy groups -OCH3 is 1. The van der Waals surface area contributed by atoms with E-state index in [9.17, 15) is 0 Å². The molecule has 0 aliphatic rings. The summed E-state index contributed by atoms with van der Waals surface area (Å²) >= 11 is 0. The van der Waals surface area contributed by atoms with Crippen LogP contribution in [0.5, 0.6) is 0 Å². The summed E-state index contributed by atoms with van der Waals surface area (Å²) in [7, 11) is 1.62. The number of hydrogen-bond donors (Lipinski definition) is 2. The first-order chi connectivity index (χ1) is 4.41. The zero-order valence-electron chi connectivity index (χ0n) is 5.59. The summed E-state index contributed by atoms with van der Waals surface area (Å²) in [6, 6.07) is 0. The van der Waals surface area contributed by atoms with Gasteiger partial charge in [-0.3, -0.25) is 4.84 Å². The first kappa shape index (κ1) is 8.84. The number of hydroxylamine groups is 1. The minimum atomic E-state index is 0.0416. The van der Waals surface area contributed by atoms with Gasteiger partial charge in [0.25, 0.3) is 0 Å². The zero-order valence-corrected chi connectivity index (χ0v) is 5.59. The van der Waals surface area contributed by atoms with Crippen molar-refractivity contribution in [1.82, 2.24) is 5.48 Å². The second-order valence-corrected chi connectivity index (χ2v) is 1.46. The molecule has 0 aromatic heterocycles. The fraction of sp³-hybridized carbons (Fsp3) is 1.00. The lowest BCUT2D eigenvalue weighted by atomic mass is 10.7. The second-order valence-electron chi connectivity index (χ2n) is 1.46. The Morgan fingerprint density at radius 3 is 2.78 bits per heavy atom. The van der Waals surface area contributed by atoms with Crippen LogP contribution in [0.15, 0.2) is 0 Å². The van der Waals surface area contributed by atoms with Gasteiger partial charge in [0.15, 0.2) is 0 Å². The number of rotatable bonds is 6. The van der Waals surface area contributed by atoms with Crippen LogP contribution < -0.4 is 5.48 Å². The second kappa shape index (κ2) is 7.84. The van der Waals surface area contributed by atoms with Crippen LogP contribution in [0.25, 0.3) is 0 Å². The molecule has 0 spiro atoms. The third-order valence-corrected chi connectivity index (χ3v) is 0.704. The molecule has 0 saturated carbocycles. The average Bonchev–Trinajstić information content (AvgIpc) is 1.89. The molecule has 0 radical (unpaired) electrons. The largest absolute Gasteiger partial charge is 0.394 e. The van der Waals surface area contributed by atoms with Crippen molar-refractivity contribution in [2.45, 2.75) is 0 Å². The number of hydrogen-bond acceptors (Lipinski definition) is 4. The van der Waals surface area contributed by atoms with Crippen LogP contribution in [0.4, 0.5) is 0 Å². The summed E-state index contributed by atoms with van der Waals surface area (Å²) in [5.41, 5.74) is 2.60. The minimum Gasteiger partial charge on any atom is -0.394 e. The molecule has 0 fully saturated rings. The van der Waals surface area contributed by atoms with Gasteiger partial charge in [0.2, 0.25) is 0 Å². The van der Waals surface area contributed by atoms with E-state index in [4.69, 9.17) is 14.7 Å². The fourth-order valence-corrected chi connectivity index (χ4v) is 0.334. The molecule has 56 valence electrons. The highest BCUT2D eigenvalue weighted by atomic mass is 16.6. The molecule has 0 rings (SSSR count). The van der Waals surface area contributed by atoms with Crippen molar-refractivity contribution < 1.29 is 14.7 Å². The Bertz CT molecular complexity index is 45.5. The summed E-state index contributed by atoms with van der Waals surface area (Å²) < 4.78 is 4.72. The lowest BCUT2D eigenvalue weighted by molar-refractivity contribution is 0.00728. The normalized spacial score (nSPS) is 10.0. The number of ether oxygens (including phenoxy) is 1. The first-order valence-corrected chi connectivity index (χ1v) is 2.86. The highest BCUT2D eigenvalue weighted by Crippen LogP contribution is 1.66. The Morgan fingerprint density at radius 1 is 1.44 bits per heavy atom. The summed E-state index contributed by atoms with van der Waals surface area (Å²) in [5.74, 6) is 0. The maximum Gasteiger partial charge on any atom is 0.0913 e. The van der Waals surface area contributed by atoms with Gasteiger partial charge >= 0.3 is 0 Å². The van der Waals surface area contributed by atoms with E-state index in [1.807, 2.05) is 0 Å². The molecule has 0 amide bonds. The molecule has 0 aliphatic heterocycles. The zero-order chi connectivity index (χ0) is 6.95. The van der Waals surface area contributed by atoms with Crippen molar-refractivity contribution >= 4 is 0 Å². The molecule has 0 unspecified atom stereocenters. The van der Waals surface area contributed by atoms with Crippen LogP contribution in [0, 0.1) is 0 Å². The number of nitrogens with one attached hydrogen (secondary N) is 1. The van der Waals surface area contributed by atoms with Gasteiger partial charge in [-0.2, -0.15) is 0 Å². The molecule has 2 N–H and O–H groups in total. The standard InChI is InChI=1S/C5H13NO3/c1-8-4-2-6-9-5-3-7/h6-7H,2-5H2,1H3. The van der Waals surface area contributed by atoms with Gasteiger partial charge in [0.1, 0.15) is 0 Å². The average molecular weight is 135 g/mol. The van der Waals surface area contributed by atoms with Gasteiger partial charge in [-0.15, -0.1) is 0 Å². The van der Waals surface area contributed by atoms with E-state index in [1.165, 1.54) is 0 Å².